The van der Waals surface area contributed by atoms with Crippen LogP contribution in [0.15, 0.2) is 45.3 Å². The molecule has 2 aromatic carbocycles. The lowest BCUT2D eigenvalue weighted by atomic mass is 9.98. The number of nitrogens with one attached hydrogen (secondary N) is 1. The maximum absolute atomic E-state index is 14.1. The summed E-state index contributed by atoms with van der Waals surface area (Å²) in [4.78, 5) is 0. The molecule has 2 aromatic rings. The van der Waals surface area contributed by atoms with Crippen LogP contribution in [0.5, 0.6) is 0 Å². The molecule has 0 fully saturated rings. The Kier molecular flexibility index (Phi) is 5.29. The van der Waals surface area contributed by atoms with Crippen molar-refractivity contribution in [1.82, 2.24) is 5.32 Å². The topological polar surface area (TPSA) is 12.0 Å². The normalized spacial score (nSPS) is 12.4. The lowest BCUT2D eigenvalue weighted by molar-refractivity contribution is 0.528. The van der Waals surface area contributed by atoms with Crippen LogP contribution in [-0.4, -0.2) is 7.05 Å². The van der Waals surface area contributed by atoms with E-state index in [4.69, 9.17) is 0 Å². The number of halogens is 4. The maximum Gasteiger partial charge on any atom is 0.142 e. The zero-order valence-corrected chi connectivity index (χ0v) is 13.9. The molecule has 0 bridgehead atoms. The molecular formula is C15H13Br2F2N. The molecule has 1 unspecified atom stereocenters. The fourth-order valence-electron chi connectivity index (χ4n) is 2.08. The van der Waals surface area contributed by atoms with Crippen LogP contribution in [0.4, 0.5) is 8.78 Å². The van der Waals surface area contributed by atoms with Gasteiger partial charge in [0.25, 0.3) is 0 Å². The highest BCUT2D eigenvalue weighted by molar-refractivity contribution is 9.10. The molecule has 1 atom stereocenters. The van der Waals surface area contributed by atoms with Gasteiger partial charge in [0.15, 0.2) is 0 Å². The molecular weight excluding hydrogens is 392 g/mol. The van der Waals surface area contributed by atoms with E-state index in [0.29, 0.717) is 16.5 Å². The molecule has 0 aliphatic carbocycles. The van der Waals surface area contributed by atoms with E-state index in [9.17, 15) is 8.78 Å². The molecule has 5 heteroatoms. The molecule has 0 aromatic heterocycles. The standard InChI is InChI=1S/C15H13Br2F2N/c1-20-14(11-3-2-4-13(17)15(11)19)8-9-7-10(18)5-6-12(9)16/h2-7,14,20H,8H2,1H3. The minimum Gasteiger partial charge on any atom is -0.313 e. The molecule has 0 radical (unpaired) electrons. The summed E-state index contributed by atoms with van der Waals surface area (Å²) in [6, 6.07) is 9.46. The van der Waals surface area contributed by atoms with Gasteiger partial charge in [-0.3, -0.25) is 0 Å². The molecule has 0 aliphatic rings. The van der Waals surface area contributed by atoms with Crippen molar-refractivity contribution in [2.24, 2.45) is 0 Å². The maximum atomic E-state index is 14.1. The van der Waals surface area contributed by atoms with Crippen LogP contribution in [0.2, 0.25) is 0 Å². The van der Waals surface area contributed by atoms with Crippen LogP contribution < -0.4 is 5.32 Å². The van der Waals surface area contributed by atoms with Gasteiger partial charge in [-0.05, 0) is 59.2 Å². The van der Waals surface area contributed by atoms with E-state index in [1.807, 2.05) is 0 Å². The summed E-state index contributed by atoms with van der Waals surface area (Å²) in [7, 11) is 1.76. The van der Waals surface area contributed by atoms with E-state index in [2.05, 4.69) is 37.2 Å². The summed E-state index contributed by atoms with van der Waals surface area (Å²) >= 11 is 6.58. The molecule has 0 heterocycles. The number of hydrogen-bond acceptors (Lipinski definition) is 1. The van der Waals surface area contributed by atoms with Gasteiger partial charge in [0.1, 0.15) is 11.6 Å². The Bertz CT molecular complexity index is 617. The average molecular weight is 405 g/mol. The van der Waals surface area contributed by atoms with Crippen molar-refractivity contribution >= 4 is 31.9 Å². The van der Waals surface area contributed by atoms with E-state index in [0.717, 1.165) is 10.0 Å². The first kappa shape index (κ1) is 15.6. The smallest absolute Gasteiger partial charge is 0.142 e. The predicted molar refractivity (Wildman–Crippen MR) is 83.7 cm³/mol. The van der Waals surface area contributed by atoms with Crippen LogP contribution in [0.25, 0.3) is 0 Å². The van der Waals surface area contributed by atoms with Gasteiger partial charge in [0, 0.05) is 16.1 Å². The summed E-state index contributed by atoms with van der Waals surface area (Å²) in [6.07, 6.45) is 0.488. The second-order valence-corrected chi connectivity index (χ2v) is 6.13. The van der Waals surface area contributed by atoms with E-state index in [-0.39, 0.29) is 17.7 Å². The summed E-state index contributed by atoms with van der Waals surface area (Å²) < 4.78 is 28.7. The lowest BCUT2D eigenvalue weighted by Gasteiger charge is -2.19. The third-order valence-electron chi connectivity index (χ3n) is 3.14. The Morgan fingerprint density at radius 3 is 2.55 bits per heavy atom. The van der Waals surface area contributed by atoms with Crippen LogP contribution >= 0.6 is 31.9 Å². The van der Waals surface area contributed by atoms with Gasteiger partial charge in [0.05, 0.1) is 4.47 Å². The van der Waals surface area contributed by atoms with Crippen LogP contribution in [-0.2, 0) is 6.42 Å². The first-order chi connectivity index (χ1) is 9.52. The van der Waals surface area contributed by atoms with Gasteiger partial charge >= 0.3 is 0 Å². The zero-order valence-electron chi connectivity index (χ0n) is 10.8. The fraction of sp³-hybridized carbons (Fsp3) is 0.200. The van der Waals surface area contributed by atoms with Gasteiger partial charge in [-0.15, -0.1) is 0 Å². The largest absolute Gasteiger partial charge is 0.313 e. The molecule has 1 nitrogen and oxygen atoms in total. The summed E-state index contributed by atoms with van der Waals surface area (Å²) in [6.45, 7) is 0. The Labute approximate surface area is 133 Å². The zero-order chi connectivity index (χ0) is 14.7. The molecule has 0 spiro atoms. The highest BCUT2D eigenvalue weighted by Gasteiger charge is 2.17. The third-order valence-corrected chi connectivity index (χ3v) is 4.52. The Morgan fingerprint density at radius 2 is 1.85 bits per heavy atom. The SMILES string of the molecule is CNC(Cc1cc(F)ccc1Br)c1cccc(Br)c1F. The first-order valence-corrected chi connectivity index (χ1v) is 7.66. The van der Waals surface area contributed by atoms with Gasteiger partial charge in [0.2, 0.25) is 0 Å². The molecule has 0 amide bonds. The van der Waals surface area contributed by atoms with Crippen LogP contribution in [0.1, 0.15) is 17.2 Å². The monoisotopic (exact) mass is 403 g/mol. The second-order valence-electron chi connectivity index (χ2n) is 4.42. The van der Waals surface area contributed by atoms with E-state index < -0.39 is 0 Å². The number of likely N-dealkylation sites (N-methyl/N-ethyl adjacent to an activating group) is 1. The Balaban J connectivity index is 2.34. The molecule has 0 aliphatic heterocycles. The highest BCUT2D eigenvalue weighted by atomic mass is 79.9. The molecule has 0 saturated carbocycles. The van der Waals surface area contributed by atoms with Crippen molar-refractivity contribution in [1.29, 1.82) is 0 Å². The van der Waals surface area contributed by atoms with Gasteiger partial charge in [-0.25, -0.2) is 8.78 Å². The Morgan fingerprint density at radius 1 is 1.10 bits per heavy atom. The van der Waals surface area contributed by atoms with Crippen LogP contribution in [0, 0.1) is 11.6 Å². The third kappa shape index (κ3) is 3.45. The number of hydrogen-bond donors (Lipinski definition) is 1. The molecule has 1 N–H and O–H groups in total. The van der Waals surface area contributed by atoms with Crippen molar-refractivity contribution in [2.75, 3.05) is 7.05 Å². The molecule has 2 rings (SSSR count). The average Bonchev–Trinajstić information content (AvgIpc) is 2.43. The van der Waals surface area contributed by atoms with Crippen LogP contribution in [0.3, 0.4) is 0 Å². The van der Waals surface area contributed by atoms with Crippen molar-refractivity contribution < 1.29 is 8.78 Å². The number of benzene rings is 2. The van der Waals surface area contributed by atoms with Crippen molar-refractivity contribution in [2.45, 2.75) is 12.5 Å². The van der Waals surface area contributed by atoms with Crippen molar-refractivity contribution in [3.63, 3.8) is 0 Å². The predicted octanol–water partition coefficient (Wildman–Crippen LogP) is 4.99. The first-order valence-electron chi connectivity index (χ1n) is 6.08. The molecule has 20 heavy (non-hydrogen) atoms. The Hall–Kier alpha value is -0.780. The van der Waals surface area contributed by atoms with E-state index >= 15 is 0 Å². The van der Waals surface area contributed by atoms with Gasteiger partial charge in [-0.2, -0.15) is 0 Å². The van der Waals surface area contributed by atoms with E-state index in [1.165, 1.54) is 12.1 Å². The summed E-state index contributed by atoms with van der Waals surface area (Å²) in [5.41, 5.74) is 1.35. The van der Waals surface area contributed by atoms with Crippen molar-refractivity contribution in [3.8, 4) is 0 Å². The van der Waals surface area contributed by atoms with Gasteiger partial charge < -0.3 is 5.32 Å². The minimum atomic E-state index is -0.298. The summed E-state index contributed by atoms with van der Waals surface area (Å²) in [5.74, 6) is -0.591. The van der Waals surface area contributed by atoms with E-state index in [1.54, 1.807) is 31.3 Å². The van der Waals surface area contributed by atoms with Crippen molar-refractivity contribution in [3.05, 3.63) is 68.1 Å². The lowest BCUT2D eigenvalue weighted by Crippen LogP contribution is -2.20. The molecule has 0 saturated heterocycles. The molecule has 106 valence electrons. The minimum absolute atomic E-state index is 0.231. The summed E-state index contributed by atoms with van der Waals surface area (Å²) in [5, 5.41) is 3.08. The second kappa shape index (κ2) is 6.78. The quantitative estimate of drug-likeness (QED) is 0.756. The van der Waals surface area contributed by atoms with Gasteiger partial charge in [-0.1, -0.05) is 28.1 Å². The number of rotatable bonds is 4. The highest BCUT2D eigenvalue weighted by Crippen LogP contribution is 2.28. The fourth-order valence-corrected chi connectivity index (χ4v) is 2.87.